The molecular weight excluding hydrogens is 422 g/mol. The van der Waals surface area contributed by atoms with Crippen LogP contribution in [-0.4, -0.2) is 58.2 Å². The largest absolute Gasteiger partial charge is 0.497 e. The van der Waals surface area contributed by atoms with Crippen LogP contribution >= 0.6 is 0 Å². The minimum atomic E-state index is -3.31. The smallest absolute Gasteiger partial charge is 0.305 e. The fourth-order valence-electron chi connectivity index (χ4n) is 2.92. The summed E-state index contributed by atoms with van der Waals surface area (Å²) in [6.07, 6.45) is 4.53. The van der Waals surface area contributed by atoms with Crippen LogP contribution in [0.1, 0.15) is 58.3 Å². The van der Waals surface area contributed by atoms with Crippen LogP contribution < -0.4 is 14.2 Å². The van der Waals surface area contributed by atoms with Crippen LogP contribution in [0, 0.1) is 0 Å². The van der Waals surface area contributed by atoms with Gasteiger partial charge in [0.2, 0.25) is 10.0 Å². The van der Waals surface area contributed by atoms with Crippen molar-refractivity contribution in [3.63, 3.8) is 0 Å². The number of esters is 1. The summed E-state index contributed by atoms with van der Waals surface area (Å²) in [6.45, 7) is 2.73. The highest BCUT2D eigenvalue weighted by Crippen LogP contribution is 2.19. The summed E-state index contributed by atoms with van der Waals surface area (Å²) in [6, 6.07) is 7.14. The van der Waals surface area contributed by atoms with Gasteiger partial charge in [-0.05, 0) is 51.2 Å². The molecule has 0 radical (unpaired) electrons. The topological polar surface area (TPSA) is 111 Å². The van der Waals surface area contributed by atoms with Crippen LogP contribution in [0.4, 0.5) is 0 Å². The van der Waals surface area contributed by atoms with Gasteiger partial charge in [-0.3, -0.25) is 4.79 Å². The first-order valence-electron chi connectivity index (χ1n) is 10.9. The predicted octanol–water partition coefficient (Wildman–Crippen LogP) is 3.04. The second kappa shape index (κ2) is 15.9. The molecule has 1 aromatic carbocycles. The molecule has 1 aromatic rings. The van der Waals surface area contributed by atoms with Crippen molar-refractivity contribution in [3.05, 3.63) is 24.3 Å². The highest BCUT2D eigenvalue weighted by Gasteiger charge is 2.11. The summed E-state index contributed by atoms with van der Waals surface area (Å²) < 4.78 is 42.2. The molecule has 178 valence electrons. The molecular formula is C22H37NO7S. The summed E-state index contributed by atoms with van der Waals surface area (Å²) in [4.78, 5) is 11.2. The summed E-state index contributed by atoms with van der Waals surface area (Å²) >= 11 is 0. The van der Waals surface area contributed by atoms with E-state index >= 15 is 0 Å². The normalized spacial score (nSPS) is 12.4. The number of methoxy groups -OCH3 is 1. The maximum Gasteiger partial charge on any atom is 0.305 e. The molecule has 0 aliphatic rings. The number of benzene rings is 1. The van der Waals surface area contributed by atoms with Gasteiger partial charge in [-0.25, -0.2) is 13.1 Å². The van der Waals surface area contributed by atoms with Crippen molar-refractivity contribution in [2.24, 2.45) is 0 Å². The van der Waals surface area contributed by atoms with Gasteiger partial charge in [0, 0.05) is 19.0 Å². The van der Waals surface area contributed by atoms with Crippen LogP contribution in [0.25, 0.3) is 0 Å². The van der Waals surface area contributed by atoms with Crippen molar-refractivity contribution in [1.29, 1.82) is 0 Å². The molecule has 0 saturated carbocycles. The maximum absolute atomic E-state index is 12.0. The van der Waals surface area contributed by atoms with E-state index in [4.69, 9.17) is 14.2 Å². The Labute approximate surface area is 186 Å². The molecule has 8 nitrogen and oxygen atoms in total. The van der Waals surface area contributed by atoms with E-state index in [9.17, 15) is 18.3 Å². The van der Waals surface area contributed by atoms with Crippen molar-refractivity contribution in [2.75, 3.05) is 32.6 Å². The molecule has 31 heavy (non-hydrogen) atoms. The first kappa shape index (κ1) is 27.2. The molecule has 9 heteroatoms. The van der Waals surface area contributed by atoms with Crippen molar-refractivity contribution in [2.45, 2.75) is 64.4 Å². The fraction of sp³-hybridized carbons (Fsp3) is 0.682. The van der Waals surface area contributed by atoms with Crippen molar-refractivity contribution >= 4 is 16.0 Å². The zero-order valence-electron chi connectivity index (χ0n) is 18.7. The van der Waals surface area contributed by atoms with Gasteiger partial charge < -0.3 is 19.3 Å². The Hall–Kier alpha value is -1.84. The first-order chi connectivity index (χ1) is 14.9. The van der Waals surface area contributed by atoms with Gasteiger partial charge in [0.15, 0.2) is 0 Å². The molecule has 0 aromatic heterocycles. The lowest BCUT2D eigenvalue weighted by atomic mass is 10.1. The van der Waals surface area contributed by atoms with Crippen molar-refractivity contribution in [1.82, 2.24) is 4.72 Å². The van der Waals surface area contributed by atoms with Crippen LogP contribution in [0.15, 0.2) is 24.3 Å². The van der Waals surface area contributed by atoms with Gasteiger partial charge in [0.25, 0.3) is 0 Å². The Morgan fingerprint density at radius 1 is 1.10 bits per heavy atom. The third-order valence-electron chi connectivity index (χ3n) is 4.62. The second-order valence-electron chi connectivity index (χ2n) is 7.32. The molecule has 0 aliphatic heterocycles. The Morgan fingerprint density at radius 3 is 2.58 bits per heavy atom. The number of sulfonamides is 1. The average Bonchev–Trinajstić information content (AvgIpc) is 2.75. The maximum atomic E-state index is 12.0. The minimum absolute atomic E-state index is 0.0410. The predicted molar refractivity (Wildman–Crippen MR) is 120 cm³/mol. The van der Waals surface area contributed by atoms with E-state index in [0.29, 0.717) is 50.3 Å². The fourth-order valence-corrected chi connectivity index (χ4v) is 4.10. The number of hydrogen-bond donors (Lipinski definition) is 2. The van der Waals surface area contributed by atoms with Crippen LogP contribution in [0.5, 0.6) is 11.5 Å². The van der Waals surface area contributed by atoms with E-state index in [1.807, 2.05) is 12.1 Å². The molecule has 0 amide bonds. The highest BCUT2D eigenvalue weighted by atomic mass is 32.2. The molecule has 1 unspecified atom stereocenters. The third-order valence-corrected chi connectivity index (χ3v) is 6.09. The van der Waals surface area contributed by atoms with Gasteiger partial charge in [-0.2, -0.15) is 0 Å². The van der Waals surface area contributed by atoms with E-state index in [2.05, 4.69) is 4.72 Å². The summed E-state index contributed by atoms with van der Waals surface area (Å²) in [5.74, 6) is 1.16. The van der Waals surface area contributed by atoms with Crippen LogP contribution in [0.3, 0.4) is 0 Å². The average molecular weight is 460 g/mol. The Morgan fingerprint density at radius 2 is 1.84 bits per heavy atom. The van der Waals surface area contributed by atoms with E-state index in [-0.39, 0.29) is 18.3 Å². The van der Waals surface area contributed by atoms with Crippen molar-refractivity contribution < 1.29 is 32.5 Å². The summed E-state index contributed by atoms with van der Waals surface area (Å²) in [5.41, 5.74) is 0. The third kappa shape index (κ3) is 14.0. The number of unbranched alkanes of at least 4 members (excludes halogenated alkanes) is 4. The molecule has 0 bridgehead atoms. The Balaban J connectivity index is 2.06. The zero-order valence-corrected chi connectivity index (χ0v) is 19.5. The standard InChI is InChI=1S/C22H37NO7S/c1-3-29-22(25)14-6-4-5-8-15-23-31(26,27)16-9-7-11-19(24)18-30-21-13-10-12-20(17-21)28-2/h10,12-13,17,19,23-24H,3-9,11,14-16,18H2,1-2H3. The lowest BCUT2D eigenvalue weighted by Gasteiger charge is -2.13. The lowest BCUT2D eigenvalue weighted by Crippen LogP contribution is -2.27. The number of hydrogen-bond acceptors (Lipinski definition) is 7. The Kier molecular flexibility index (Phi) is 13.9. The zero-order chi connectivity index (χ0) is 23.0. The molecule has 0 fully saturated rings. The van der Waals surface area contributed by atoms with Gasteiger partial charge in [0.05, 0.1) is 25.6 Å². The van der Waals surface area contributed by atoms with Gasteiger partial charge in [-0.15, -0.1) is 0 Å². The van der Waals surface area contributed by atoms with Crippen LogP contribution in [-0.2, 0) is 19.6 Å². The molecule has 1 atom stereocenters. The van der Waals surface area contributed by atoms with Gasteiger partial charge in [-0.1, -0.05) is 18.9 Å². The van der Waals surface area contributed by atoms with E-state index in [0.717, 1.165) is 25.7 Å². The second-order valence-corrected chi connectivity index (χ2v) is 9.25. The number of aliphatic hydroxyl groups is 1. The molecule has 1 rings (SSSR count). The SMILES string of the molecule is CCOC(=O)CCCCCCNS(=O)(=O)CCCCC(O)COc1cccc(OC)c1. The number of aliphatic hydroxyl groups excluding tert-OH is 1. The van der Waals surface area contributed by atoms with Gasteiger partial charge >= 0.3 is 5.97 Å². The Bertz CT molecular complexity index is 724. The molecule has 0 heterocycles. The monoisotopic (exact) mass is 459 g/mol. The summed E-state index contributed by atoms with van der Waals surface area (Å²) in [7, 11) is -1.73. The summed E-state index contributed by atoms with van der Waals surface area (Å²) in [5, 5.41) is 10.0. The minimum Gasteiger partial charge on any atom is -0.497 e. The molecule has 0 aliphatic carbocycles. The van der Waals surface area contributed by atoms with Gasteiger partial charge in [0.1, 0.15) is 18.1 Å². The van der Waals surface area contributed by atoms with E-state index < -0.39 is 16.1 Å². The number of rotatable bonds is 18. The number of nitrogens with one attached hydrogen (secondary N) is 1. The molecule has 2 N–H and O–H groups in total. The molecule has 0 spiro atoms. The van der Waals surface area contributed by atoms with E-state index in [1.165, 1.54) is 0 Å². The van der Waals surface area contributed by atoms with Crippen molar-refractivity contribution in [3.8, 4) is 11.5 Å². The van der Waals surface area contributed by atoms with Crippen LogP contribution in [0.2, 0.25) is 0 Å². The lowest BCUT2D eigenvalue weighted by molar-refractivity contribution is -0.143. The number of carbonyl (C=O) groups excluding carboxylic acids is 1. The van der Waals surface area contributed by atoms with E-state index in [1.54, 1.807) is 26.2 Å². The number of carbonyl (C=O) groups is 1. The first-order valence-corrected chi connectivity index (χ1v) is 12.6. The number of ether oxygens (including phenoxy) is 3. The molecule has 0 saturated heterocycles. The quantitative estimate of drug-likeness (QED) is 0.256. The highest BCUT2D eigenvalue weighted by molar-refractivity contribution is 7.89.